The van der Waals surface area contributed by atoms with Gasteiger partial charge in [-0.3, -0.25) is 4.99 Å². The zero-order valence-electron chi connectivity index (χ0n) is 10.7. The third kappa shape index (κ3) is 4.76. The number of aliphatic imine (C=N–C) groups is 1. The van der Waals surface area contributed by atoms with Crippen molar-refractivity contribution in [1.29, 1.82) is 0 Å². The summed E-state index contributed by atoms with van der Waals surface area (Å²) in [6, 6.07) is 8.15. The van der Waals surface area contributed by atoms with Gasteiger partial charge in [-0.1, -0.05) is 19.1 Å². The summed E-state index contributed by atoms with van der Waals surface area (Å²) in [7, 11) is 3.35. The molecule has 0 bridgehead atoms. The molecular weight excluding hydrogens is 214 g/mol. The highest BCUT2D eigenvalue weighted by Gasteiger charge is 2.04. The van der Waals surface area contributed by atoms with Crippen LogP contribution in [-0.4, -0.2) is 26.7 Å². The minimum Gasteiger partial charge on any atom is -0.497 e. The Bertz CT molecular complexity index is 359. The van der Waals surface area contributed by atoms with Crippen LogP contribution in [0.15, 0.2) is 29.3 Å². The lowest BCUT2D eigenvalue weighted by Crippen LogP contribution is -2.35. The summed E-state index contributed by atoms with van der Waals surface area (Å²) in [6.07, 6.45) is 1.01. The number of nitrogens with zero attached hydrogens (tertiary/aromatic N) is 1. The molecule has 0 saturated carbocycles. The molecular formula is C13H21N3O. The van der Waals surface area contributed by atoms with Crippen LogP contribution in [0.3, 0.4) is 0 Å². The first-order valence-electron chi connectivity index (χ1n) is 5.74. The lowest BCUT2D eigenvalue weighted by Gasteiger charge is -2.13. The second-order valence-electron chi connectivity index (χ2n) is 4.15. The smallest absolute Gasteiger partial charge is 0.188 e. The van der Waals surface area contributed by atoms with E-state index in [1.165, 1.54) is 5.56 Å². The molecule has 0 aliphatic rings. The number of benzene rings is 1. The number of nitrogens with two attached hydrogens (primary N) is 1. The zero-order valence-corrected chi connectivity index (χ0v) is 10.7. The number of ether oxygens (including phenoxy) is 1. The molecule has 1 atom stereocenters. The van der Waals surface area contributed by atoms with Crippen LogP contribution in [0.2, 0.25) is 0 Å². The van der Waals surface area contributed by atoms with Crippen molar-refractivity contribution in [1.82, 2.24) is 5.32 Å². The van der Waals surface area contributed by atoms with E-state index >= 15 is 0 Å². The lowest BCUT2D eigenvalue weighted by atomic mass is 10.0. The Morgan fingerprint density at radius 3 is 2.59 bits per heavy atom. The van der Waals surface area contributed by atoms with Crippen molar-refractivity contribution < 1.29 is 4.74 Å². The van der Waals surface area contributed by atoms with Gasteiger partial charge in [0.25, 0.3) is 0 Å². The van der Waals surface area contributed by atoms with Crippen molar-refractivity contribution in [2.45, 2.75) is 13.3 Å². The zero-order chi connectivity index (χ0) is 12.7. The van der Waals surface area contributed by atoms with Gasteiger partial charge in [0, 0.05) is 13.6 Å². The van der Waals surface area contributed by atoms with E-state index in [0.29, 0.717) is 11.9 Å². The molecule has 3 N–H and O–H groups in total. The maximum absolute atomic E-state index is 5.57. The molecule has 17 heavy (non-hydrogen) atoms. The molecule has 0 aliphatic carbocycles. The average Bonchev–Trinajstić information content (AvgIpc) is 2.36. The molecule has 0 heterocycles. The quantitative estimate of drug-likeness (QED) is 0.599. The van der Waals surface area contributed by atoms with E-state index in [9.17, 15) is 0 Å². The summed E-state index contributed by atoms with van der Waals surface area (Å²) < 4.78 is 5.12. The molecule has 1 rings (SSSR count). The van der Waals surface area contributed by atoms with Crippen molar-refractivity contribution in [3.63, 3.8) is 0 Å². The van der Waals surface area contributed by atoms with E-state index in [1.54, 1.807) is 14.2 Å². The highest BCUT2D eigenvalue weighted by atomic mass is 16.5. The van der Waals surface area contributed by atoms with E-state index in [0.717, 1.165) is 18.7 Å². The van der Waals surface area contributed by atoms with Crippen LogP contribution in [-0.2, 0) is 6.42 Å². The van der Waals surface area contributed by atoms with E-state index in [1.807, 2.05) is 12.1 Å². The summed E-state index contributed by atoms with van der Waals surface area (Å²) in [4.78, 5) is 3.86. The van der Waals surface area contributed by atoms with Gasteiger partial charge in [-0.25, -0.2) is 0 Å². The molecule has 0 saturated heterocycles. The summed E-state index contributed by atoms with van der Waals surface area (Å²) in [5, 5.41) is 3.08. The predicted molar refractivity (Wildman–Crippen MR) is 71.4 cm³/mol. The highest BCUT2D eigenvalue weighted by Crippen LogP contribution is 2.14. The normalized spacial score (nSPS) is 13.2. The van der Waals surface area contributed by atoms with E-state index in [2.05, 4.69) is 29.4 Å². The molecule has 1 unspecified atom stereocenters. The average molecular weight is 235 g/mol. The molecule has 4 heteroatoms. The molecule has 0 spiro atoms. The minimum atomic E-state index is 0.492. The topological polar surface area (TPSA) is 59.6 Å². The second-order valence-corrected chi connectivity index (χ2v) is 4.15. The number of hydrogen-bond donors (Lipinski definition) is 2. The van der Waals surface area contributed by atoms with Crippen molar-refractivity contribution in [2.24, 2.45) is 16.6 Å². The van der Waals surface area contributed by atoms with Gasteiger partial charge in [0.05, 0.1) is 7.11 Å². The first-order valence-corrected chi connectivity index (χ1v) is 5.74. The fourth-order valence-corrected chi connectivity index (χ4v) is 1.59. The Morgan fingerprint density at radius 1 is 1.41 bits per heavy atom. The highest BCUT2D eigenvalue weighted by molar-refractivity contribution is 5.77. The standard InChI is InChI=1S/C13H21N3O/c1-10(9-16-13(14)15-2)8-11-4-6-12(17-3)7-5-11/h4-7,10H,8-9H2,1-3H3,(H3,14,15,16). The number of nitrogens with one attached hydrogen (secondary N) is 1. The number of rotatable bonds is 5. The molecule has 0 fully saturated rings. The van der Waals surface area contributed by atoms with E-state index < -0.39 is 0 Å². The molecule has 0 aliphatic heterocycles. The number of hydrogen-bond acceptors (Lipinski definition) is 2. The van der Waals surface area contributed by atoms with Crippen LogP contribution in [0.25, 0.3) is 0 Å². The first kappa shape index (κ1) is 13.4. The number of guanidine groups is 1. The third-order valence-corrected chi connectivity index (χ3v) is 2.62. The minimum absolute atomic E-state index is 0.492. The molecule has 0 radical (unpaired) electrons. The summed E-state index contributed by atoms with van der Waals surface area (Å²) >= 11 is 0. The predicted octanol–water partition coefficient (Wildman–Crippen LogP) is 1.41. The molecule has 1 aromatic carbocycles. The maximum atomic E-state index is 5.57. The Hall–Kier alpha value is -1.71. The van der Waals surface area contributed by atoms with Gasteiger partial charge < -0.3 is 15.8 Å². The van der Waals surface area contributed by atoms with Gasteiger partial charge in [-0.15, -0.1) is 0 Å². The summed E-state index contributed by atoms with van der Waals surface area (Å²) in [5.41, 5.74) is 6.87. The van der Waals surface area contributed by atoms with Crippen LogP contribution in [0, 0.1) is 5.92 Å². The van der Waals surface area contributed by atoms with Gasteiger partial charge in [0.2, 0.25) is 0 Å². The van der Waals surface area contributed by atoms with Gasteiger partial charge in [0.1, 0.15) is 5.75 Å². The second kappa shape index (κ2) is 6.78. The Kier molecular flexibility index (Phi) is 5.33. The Morgan fingerprint density at radius 2 is 2.06 bits per heavy atom. The Balaban J connectivity index is 2.41. The van der Waals surface area contributed by atoms with Crippen molar-refractivity contribution in [3.05, 3.63) is 29.8 Å². The fourth-order valence-electron chi connectivity index (χ4n) is 1.59. The van der Waals surface area contributed by atoms with Gasteiger partial charge in [-0.05, 0) is 30.0 Å². The van der Waals surface area contributed by atoms with Crippen molar-refractivity contribution >= 4 is 5.96 Å². The summed E-state index contributed by atoms with van der Waals surface area (Å²) in [6.45, 7) is 3.01. The third-order valence-electron chi connectivity index (χ3n) is 2.62. The summed E-state index contributed by atoms with van der Waals surface area (Å²) in [5.74, 6) is 1.89. The molecule has 94 valence electrons. The molecule has 0 amide bonds. The van der Waals surface area contributed by atoms with Crippen molar-refractivity contribution in [3.8, 4) is 5.75 Å². The van der Waals surface area contributed by atoms with Crippen molar-refractivity contribution in [2.75, 3.05) is 20.7 Å². The van der Waals surface area contributed by atoms with E-state index in [4.69, 9.17) is 10.5 Å². The van der Waals surface area contributed by atoms with Crippen LogP contribution in [0.4, 0.5) is 0 Å². The Labute approximate surface area is 103 Å². The number of methoxy groups -OCH3 is 1. The van der Waals surface area contributed by atoms with Crippen LogP contribution < -0.4 is 15.8 Å². The van der Waals surface area contributed by atoms with E-state index in [-0.39, 0.29) is 0 Å². The first-order chi connectivity index (χ1) is 8.15. The SMILES string of the molecule is CN=C(N)NCC(C)Cc1ccc(OC)cc1. The van der Waals surface area contributed by atoms with Crippen LogP contribution >= 0.6 is 0 Å². The molecule has 4 nitrogen and oxygen atoms in total. The van der Waals surface area contributed by atoms with Gasteiger partial charge in [-0.2, -0.15) is 0 Å². The molecule has 0 aromatic heterocycles. The lowest BCUT2D eigenvalue weighted by molar-refractivity contribution is 0.414. The van der Waals surface area contributed by atoms with Gasteiger partial charge in [0.15, 0.2) is 5.96 Å². The monoisotopic (exact) mass is 235 g/mol. The van der Waals surface area contributed by atoms with Gasteiger partial charge >= 0.3 is 0 Å². The fraction of sp³-hybridized carbons (Fsp3) is 0.462. The van der Waals surface area contributed by atoms with Crippen LogP contribution in [0.1, 0.15) is 12.5 Å². The largest absolute Gasteiger partial charge is 0.497 e. The van der Waals surface area contributed by atoms with Crippen LogP contribution in [0.5, 0.6) is 5.75 Å². The maximum Gasteiger partial charge on any atom is 0.188 e. The molecule has 1 aromatic rings.